The second-order valence-electron chi connectivity index (χ2n) is 4.43. The van der Waals surface area contributed by atoms with E-state index >= 15 is 0 Å². The van der Waals surface area contributed by atoms with Crippen LogP contribution < -0.4 is 0 Å². The Morgan fingerprint density at radius 3 is 2.58 bits per heavy atom. The lowest BCUT2D eigenvalue weighted by Crippen LogP contribution is -2.31. The van der Waals surface area contributed by atoms with Gasteiger partial charge in [-0.2, -0.15) is 0 Å². The second-order valence-corrected chi connectivity index (χ2v) is 4.43. The van der Waals surface area contributed by atoms with Crippen LogP contribution in [0.4, 0.5) is 0 Å². The van der Waals surface area contributed by atoms with Crippen LogP contribution in [-0.2, 0) is 4.79 Å². The minimum absolute atomic E-state index is 0.192. The van der Waals surface area contributed by atoms with Crippen molar-refractivity contribution in [3.8, 4) is 0 Å². The molecule has 0 saturated carbocycles. The summed E-state index contributed by atoms with van der Waals surface area (Å²) in [5.74, 6) is 0.192. The maximum Gasteiger partial charge on any atom is 0.226 e. The molecular weight excluding hydrogens is 234 g/mol. The Labute approximate surface area is 116 Å². The van der Waals surface area contributed by atoms with Crippen LogP contribution in [0.2, 0.25) is 0 Å². The third-order valence-electron chi connectivity index (χ3n) is 2.81. The van der Waals surface area contributed by atoms with Gasteiger partial charge in [0, 0.05) is 19.5 Å². The Balaban J connectivity index is 2.54. The average molecular weight is 257 g/mol. The number of hydrogen-bond donors (Lipinski definition) is 0. The molecule has 0 N–H and O–H groups in total. The van der Waals surface area contributed by atoms with Crippen molar-refractivity contribution < 1.29 is 4.79 Å². The van der Waals surface area contributed by atoms with Crippen LogP contribution in [0, 0.1) is 0 Å². The van der Waals surface area contributed by atoms with Gasteiger partial charge in [0.25, 0.3) is 0 Å². The SMILES string of the molecule is CC=CCC(=O)N(CC=Cc1ccccc1)CCC. The Morgan fingerprint density at radius 1 is 1.21 bits per heavy atom. The van der Waals surface area contributed by atoms with E-state index in [4.69, 9.17) is 0 Å². The molecule has 0 aliphatic heterocycles. The summed E-state index contributed by atoms with van der Waals surface area (Å²) in [6.45, 7) is 5.53. The first-order valence-electron chi connectivity index (χ1n) is 6.88. The molecule has 0 unspecified atom stereocenters. The summed E-state index contributed by atoms with van der Waals surface area (Å²) in [6.07, 6.45) is 9.42. The Kier molecular flexibility index (Phi) is 7.33. The van der Waals surface area contributed by atoms with E-state index in [2.05, 4.69) is 31.2 Å². The van der Waals surface area contributed by atoms with Gasteiger partial charge in [-0.3, -0.25) is 4.79 Å². The van der Waals surface area contributed by atoms with E-state index in [0.717, 1.165) is 13.0 Å². The van der Waals surface area contributed by atoms with Crippen LogP contribution in [0.3, 0.4) is 0 Å². The Hall–Kier alpha value is -1.83. The highest BCUT2D eigenvalue weighted by Gasteiger charge is 2.08. The van der Waals surface area contributed by atoms with Gasteiger partial charge < -0.3 is 4.90 Å². The summed E-state index contributed by atoms with van der Waals surface area (Å²) in [6, 6.07) is 10.1. The topological polar surface area (TPSA) is 20.3 Å². The summed E-state index contributed by atoms with van der Waals surface area (Å²) >= 11 is 0. The Bertz CT molecular complexity index is 420. The van der Waals surface area contributed by atoms with Gasteiger partial charge in [0.1, 0.15) is 0 Å². The van der Waals surface area contributed by atoms with Gasteiger partial charge in [-0.15, -0.1) is 0 Å². The van der Waals surface area contributed by atoms with E-state index in [1.54, 1.807) is 0 Å². The highest BCUT2D eigenvalue weighted by atomic mass is 16.2. The van der Waals surface area contributed by atoms with E-state index in [-0.39, 0.29) is 5.91 Å². The Morgan fingerprint density at radius 2 is 1.95 bits per heavy atom. The van der Waals surface area contributed by atoms with E-state index in [1.165, 1.54) is 5.56 Å². The maximum absolute atomic E-state index is 12.0. The quantitative estimate of drug-likeness (QED) is 0.678. The van der Waals surface area contributed by atoms with Crippen molar-refractivity contribution in [1.82, 2.24) is 4.90 Å². The zero-order chi connectivity index (χ0) is 13.9. The largest absolute Gasteiger partial charge is 0.339 e. The molecule has 2 nitrogen and oxygen atoms in total. The molecule has 1 aromatic rings. The molecule has 0 bridgehead atoms. The minimum Gasteiger partial charge on any atom is -0.339 e. The molecule has 2 heteroatoms. The van der Waals surface area contributed by atoms with Crippen molar-refractivity contribution in [2.24, 2.45) is 0 Å². The minimum atomic E-state index is 0.192. The summed E-state index contributed by atoms with van der Waals surface area (Å²) in [4.78, 5) is 13.9. The number of allylic oxidation sites excluding steroid dienone is 1. The first-order valence-corrected chi connectivity index (χ1v) is 6.88. The molecule has 0 atom stereocenters. The van der Waals surface area contributed by atoms with Gasteiger partial charge in [0.05, 0.1) is 0 Å². The first kappa shape index (κ1) is 15.2. The molecule has 1 aromatic carbocycles. The molecule has 1 amide bonds. The lowest BCUT2D eigenvalue weighted by Gasteiger charge is -2.19. The summed E-state index contributed by atoms with van der Waals surface area (Å²) in [5, 5.41) is 0. The van der Waals surface area contributed by atoms with E-state index in [1.807, 2.05) is 42.2 Å². The van der Waals surface area contributed by atoms with E-state index in [9.17, 15) is 4.79 Å². The molecule has 0 radical (unpaired) electrons. The highest BCUT2D eigenvalue weighted by Crippen LogP contribution is 2.03. The molecule has 19 heavy (non-hydrogen) atoms. The van der Waals surface area contributed by atoms with Crippen molar-refractivity contribution in [2.45, 2.75) is 26.7 Å². The standard InChI is InChI=1S/C17H23NO/c1-3-5-13-17(19)18(14-4-2)15-9-12-16-10-7-6-8-11-16/h3,5-12H,4,13-15H2,1-2H3. The predicted octanol–water partition coefficient (Wildman–Crippen LogP) is 3.90. The van der Waals surface area contributed by atoms with Crippen LogP contribution in [0.25, 0.3) is 6.08 Å². The summed E-state index contributed by atoms with van der Waals surface area (Å²) in [5.41, 5.74) is 1.17. The van der Waals surface area contributed by atoms with Gasteiger partial charge in [-0.05, 0) is 18.9 Å². The number of carbonyl (C=O) groups is 1. The van der Waals surface area contributed by atoms with Gasteiger partial charge in [0.2, 0.25) is 5.91 Å². The molecule has 0 saturated heterocycles. The van der Waals surface area contributed by atoms with Gasteiger partial charge in [-0.25, -0.2) is 0 Å². The number of amides is 1. The molecule has 0 fully saturated rings. The number of hydrogen-bond acceptors (Lipinski definition) is 1. The lowest BCUT2D eigenvalue weighted by atomic mass is 10.2. The predicted molar refractivity (Wildman–Crippen MR) is 81.8 cm³/mol. The third kappa shape index (κ3) is 6.05. The van der Waals surface area contributed by atoms with Crippen LogP contribution >= 0.6 is 0 Å². The van der Waals surface area contributed by atoms with Crippen molar-refractivity contribution in [1.29, 1.82) is 0 Å². The van der Waals surface area contributed by atoms with Crippen molar-refractivity contribution in [2.75, 3.05) is 13.1 Å². The highest BCUT2D eigenvalue weighted by molar-refractivity contribution is 5.78. The summed E-state index contributed by atoms with van der Waals surface area (Å²) < 4.78 is 0. The van der Waals surface area contributed by atoms with Crippen LogP contribution in [0.5, 0.6) is 0 Å². The molecule has 0 spiro atoms. The fourth-order valence-electron chi connectivity index (χ4n) is 1.82. The zero-order valence-electron chi connectivity index (χ0n) is 11.9. The van der Waals surface area contributed by atoms with Crippen LogP contribution in [-0.4, -0.2) is 23.9 Å². The molecule has 0 aliphatic carbocycles. The number of rotatable bonds is 7. The van der Waals surface area contributed by atoms with E-state index in [0.29, 0.717) is 13.0 Å². The lowest BCUT2D eigenvalue weighted by molar-refractivity contribution is -0.129. The average Bonchev–Trinajstić information content (AvgIpc) is 2.45. The molecular formula is C17H23NO. The van der Waals surface area contributed by atoms with Crippen molar-refractivity contribution in [3.05, 3.63) is 54.1 Å². The molecule has 102 valence electrons. The smallest absolute Gasteiger partial charge is 0.226 e. The molecule has 0 heterocycles. The molecule has 0 aromatic heterocycles. The summed E-state index contributed by atoms with van der Waals surface area (Å²) in [7, 11) is 0. The number of benzene rings is 1. The normalized spacial score (nSPS) is 11.3. The fraction of sp³-hybridized carbons (Fsp3) is 0.353. The van der Waals surface area contributed by atoms with E-state index < -0.39 is 0 Å². The van der Waals surface area contributed by atoms with Crippen molar-refractivity contribution in [3.63, 3.8) is 0 Å². The maximum atomic E-state index is 12.0. The molecule has 0 aliphatic rings. The monoisotopic (exact) mass is 257 g/mol. The molecule has 1 rings (SSSR count). The van der Waals surface area contributed by atoms with Gasteiger partial charge in [-0.1, -0.05) is 61.6 Å². The van der Waals surface area contributed by atoms with Crippen molar-refractivity contribution >= 4 is 12.0 Å². The van der Waals surface area contributed by atoms with Gasteiger partial charge in [0.15, 0.2) is 0 Å². The number of carbonyl (C=O) groups excluding carboxylic acids is 1. The third-order valence-corrected chi connectivity index (χ3v) is 2.81. The van der Waals surface area contributed by atoms with Crippen LogP contribution in [0.1, 0.15) is 32.3 Å². The second kappa shape index (κ2) is 9.15. The fourth-order valence-corrected chi connectivity index (χ4v) is 1.82. The number of nitrogens with zero attached hydrogens (tertiary/aromatic N) is 1. The van der Waals surface area contributed by atoms with Gasteiger partial charge >= 0.3 is 0 Å². The zero-order valence-corrected chi connectivity index (χ0v) is 11.9. The first-order chi connectivity index (χ1) is 9.27. The van der Waals surface area contributed by atoms with Crippen LogP contribution in [0.15, 0.2) is 48.6 Å².